The standard InChI is InChI=1S/C55H101NO10/c1-3-5-7-9-11-13-22-27-31-35-39-43-51(60)64-44-40-36-32-28-24-21-19-17-15-14-16-18-20-23-26-30-34-38-42-50(59)56-47(48(58)41-37-33-29-25-12-10-8-6-4-2)46-65-55-54(63)53(62)52(61)49(45-57)66-55/h12,16,18,25,37,41,47-49,52-55,57-58,61-63H,3-11,13-15,17,19-24,26-36,38-40,42-46H2,1-2H3,(H,56,59)/b18-16-,25-12+,41-37+. The summed E-state index contributed by atoms with van der Waals surface area (Å²) in [5.74, 6) is -0.224. The molecular weight excluding hydrogens is 835 g/mol. The molecule has 1 fully saturated rings. The van der Waals surface area contributed by atoms with E-state index in [1.807, 2.05) is 6.08 Å². The highest BCUT2D eigenvalue weighted by molar-refractivity contribution is 5.76. The first-order valence-electron chi connectivity index (χ1n) is 27.3. The van der Waals surface area contributed by atoms with Gasteiger partial charge in [0.15, 0.2) is 6.29 Å². The predicted molar refractivity (Wildman–Crippen MR) is 269 cm³/mol. The number of unbranched alkanes of at least 4 members (excludes halogenated alkanes) is 28. The van der Waals surface area contributed by atoms with E-state index in [1.54, 1.807) is 6.08 Å². The van der Waals surface area contributed by atoms with Crippen LogP contribution in [0.15, 0.2) is 36.5 Å². The van der Waals surface area contributed by atoms with Crippen LogP contribution in [0.2, 0.25) is 0 Å². The van der Waals surface area contributed by atoms with Crippen LogP contribution in [0, 0.1) is 0 Å². The van der Waals surface area contributed by atoms with E-state index in [0.29, 0.717) is 19.4 Å². The Bertz CT molecular complexity index is 1190. The molecule has 1 heterocycles. The highest BCUT2D eigenvalue weighted by atomic mass is 16.7. The van der Waals surface area contributed by atoms with Crippen LogP contribution in [0.4, 0.5) is 0 Å². The molecule has 0 aromatic carbocycles. The van der Waals surface area contributed by atoms with Gasteiger partial charge in [0, 0.05) is 12.8 Å². The van der Waals surface area contributed by atoms with Gasteiger partial charge in [-0.1, -0.05) is 192 Å². The minimum Gasteiger partial charge on any atom is -0.466 e. The maximum atomic E-state index is 12.9. The van der Waals surface area contributed by atoms with Crippen molar-refractivity contribution in [1.29, 1.82) is 0 Å². The lowest BCUT2D eigenvalue weighted by Crippen LogP contribution is -2.60. The molecule has 7 unspecified atom stereocenters. The summed E-state index contributed by atoms with van der Waals surface area (Å²) in [7, 11) is 0. The Kier molecular flexibility index (Phi) is 42.5. The third-order valence-electron chi connectivity index (χ3n) is 12.7. The number of aliphatic hydroxyl groups is 5. The van der Waals surface area contributed by atoms with Crippen LogP contribution < -0.4 is 5.32 Å². The maximum absolute atomic E-state index is 12.9. The van der Waals surface area contributed by atoms with E-state index in [9.17, 15) is 35.1 Å². The second kappa shape index (κ2) is 45.3. The number of amides is 1. The van der Waals surface area contributed by atoms with Crippen LogP contribution >= 0.6 is 0 Å². The Morgan fingerprint density at radius 3 is 1.53 bits per heavy atom. The Balaban J connectivity index is 2.10. The fourth-order valence-electron chi connectivity index (χ4n) is 8.33. The summed E-state index contributed by atoms with van der Waals surface area (Å²) < 4.78 is 16.6. The van der Waals surface area contributed by atoms with Crippen molar-refractivity contribution in [3.63, 3.8) is 0 Å². The monoisotopic (exact) mass is 936 g/mol. The number of rotatable bonds is 46. The molecular formula is C55H101NO10. The van der Waals surface area contributed by atoms with Crippen LogP contribution in [0.1, 0.15) is 239 Å². The lowest BCUT2D eigenvalue weighted by Gasteiger charge is -2.40. The summed E-state index contributed by atoms with van der Waals surface area (Å²) in [6, 6.07) is -0.836. The molecule has 386 valence electrons. The topological polar surface area (TPSA) is 175 Å². The molecule has 0 aliphatic carbocycles. The van der Waals surface area contributed by atoms with Crippen molar-refractivity contribution in [3.8, 4) is 0 Å². The van der Waals surface area contributed by atoms with Crippen molar-refractivity contribution in [2.75, 3.05) is 19.8 Å². The van der Waals surface area contributed by atoms with Gasteiger partial charge in [-0.15, -0.1) is 0 Å². The number of aliphatic hydroxyl groups excluding tert-OH is 5. The fourth-order valence-corrected chi connectivity index (χ4v) is 8.33. The zero-order valence-electron chi connectivity index (χ0n) is 42.2. The van der Waals surface area contributed by atoms with E-state index < -0.39 is 49.5 Å². The molecule has 1 aliphatic rings. The molecule has 6 N–H and O–H groups in total. The average molecular weight is 936 g/mol. The minimum atomic E-state index is -1.58. The van der Waals surface area contributed by atoms with Crippen LogP contribution in [0.25, 0.3) is 0 Å². The quantitative estimate of drug-likeness (QED) is 0.0196. The molecule has 1 amide bonds. The van der Waals surface area contributed by atoms with Gasteiger partial charge in [-0.25, -0.2) is 0 Å². The van der Waals surface area contributed by atoms with Gasteiger partial charge in [0.25, 0.3) is 0 Å². The number of nitrogens with one attached hydrogen (secondary N) is 1. The largest absolute Gasteiger partial charge is 0.466 e. The summed E-state index contributed by atoms with van der Waals surface area (Å²) in [6.07, 6.45) is 43.9. The van der Waals surface area contributed by atoms with E-state index in [1.165, 1.54) is 122 Å². The van der Waals surface area contributed by atoms with Gasteiger partial charge in [0.05, 0.1) is 32.0 Å². The molecule has 1 aliphatic heterocycles. The van der Waals surface area contributed by atoms with E-state index in [2.05, 4.69) is 43.5 Å². The smallest absolute Gasteiger partial charge is 0.305 e. The second-order valence-electron chi connectivity index (χ2n) is 18.9. The van der Waals surface area contributed by atoms with E-state index in [-0.39, 0.29) is 18.5 Å². The normalized spacial score (nSPS) is 19.9. The molecule has 0 saturated carbocycles. The van der Waals surface area contributed by atoms with Crippen molar-refractivity contribution in [2.24, 2.45) is 0 Å². The van der Waals surface area contributed by atoms with Crippen molar-refractivity contribution in [2.45, 2.75) is 281 Å². The van der Waals surface area contributed by atoms with Gasteiger partial charge >= 0.3 is 5.97 Å². The number of hydrogen-bond donors (Lipinski definition) is 6. The Labute approximate surface area is 403 Å². The van der Waals surface area contributed by atoms with Crippen LogP contribution in [-0.4, -0.2) is 100 Å². The molecule has 0 aromatic rings. The Hall–Kier alpha value is -2.12. The SMILES string of the molecule is CCCCC/C=C/CC/C=C/C(O)C(COC1OC(CO)C(O)C(O)C1O)NC(=O)CCCCCCC/C=C\CCCCCCCCCCCOC(=O)CCCCCCCCCCCCC. The van der Waals surface area contributed by atoms with Gasteiger partial charge in [0.2, 0.25) is 5.91 Å². The molecule has 7 atom stereocenters. The molecule has 1 saturated heterocycles. The highest BCUT2D eigenvalue weighted by Crippen LogP contribution is 2.23. The zero-order chi connectivity index (χ0) is 48.1. The number of hydrogen-bond acceptors (Lipinski definition) is 10. The first kappa shape index (κ1) is 61.9. The molecule has 11 nitrogen and oxygen atoms in total. The van der Waals surface area contributed by atoms with Gasteiger partial charge in [-0.3, -0.25) is 9.59 Å². The van der Waals surface area contributed by atoms with Gasteiger partial charge < -0.3 is 45.1 Å². The number of carbonyl (C=O) groups is 2. The molecule has 0 aromatic heterocycles. The van der Waals surface area contributed by atoms with Crippen molar-refractivity contribution >= 4 is 11.9 Å². The van der Waals surface area contributed by atoms with E-state index >= 15 is 0 Å². The summed E-state index contributed by atoms with van der Waals surface area (Å²) in [5, 5.41) is 54.1. The van der Waals surface area contributed by atoms with E-state index in [4.69, 9.17) is 14.2 Å². The van der Waals surface area contributed by atoms with Gasteiger partial charge in [-0.2, -0.15) is 0 Å². The number of ether oxygens (including phenoxy) is 3. The fraction of sp³-hybridized carbons (Fsp3) is 0.855. The summed E-state index contributed by atoms with van der Waals surface area (Å²) in [4.78, 5) is 25.0. The maximum Gasteiger partial charge on any atom is 0.305 e. The van der Waals surface area contributed by atoms with Crippen molar-refractivity contribution in [3.05, 3.63) is 36.5 Å². The molecule has 0 bridgehead atoms. The van der Waals surface area contributed by atoms with Gasteiger partial charge in [0.1, 0.15) is 24.4 Å². The number of esters is 1. The van der Waals surface area contributed by atoms with E-state index in [0.717, 1.165) is 89.9 Å². The van der Waals surface area contributed by atoms with Crippen LogP contribution in [-0.2, 0) is 23.8 Å². The lowest BCUT2D eigenvalue weighted by atomic mass is 9.99. The summed E-state index contributed by atoms with van der Waals surface area (Å²) >= 11 is 0. The molecule has 1 rings (SSSR count). The molecule has 0 radical (unpaired) electrons. The van der Waals surface area contributed by atoms with Crippen LogP contribution in [0.5, 0.6) is 0 Å². The minimum absolute atomic E-state index is 0.0145. The highest BCUT2D eigenvalue weighted by Gasteiger charge is 2.44. The third-order valence-corrected chi connectivity index (χ3v) is 12.7. The summed E-state index contributed by atoms with van der Waals surface area (Å²) in [6.45, 7) is 4.24. The number of allylic oxidation sites excluding steroid dienone is 5. The Morgan fingerprint density at radius 2 is 0.985 bits per heavy atom. The Morgan fingerprint density at radius 1 is 0.545 bits per heavy atom. The molecule has 11 heteroatoms. The first-order chi connectivity index (χ1) is 32.2. The second-order valence-corrected chi connectivity index (χ2v) is 18.9. The summed E-state index contributed by atoms with van der Waals surface area (Å²) in [5.41, 5.74) is 0. The van der Waals surface area contributed by atoms with Crippen molar-refractivity contribution in [1.82, 2.24) is 5.32 Å². The predicted octanol–water partition coefficient (Wildman–Crippen LogP) is 11.6. The molecule has 0 spiro atoms. The third kappa shape index (κ3) is 35.1. The zero-order valence-corrected chi connectivity index (χ0v) is 42.2. The van der Waals surface area contributed by atoms with Gasteiger partial charge in [-0.05, 0) is 70.6 Å². The average Bonchev–Trinajstić information content (AvgIpc) is 3.31. The van der Waals surface area contributed by atoms with Crippen LogP contribution in [0.3, 0.4) is 0 Å². The first-order valence-corrected chi connectivity index (χ1v) is 27.3. The van der Waals surface area contributed by atoms with Crippen molar-refractivity contribution < 1.29 is 49.3 Å². The lowest BCUT2D eigenvalue weighted by molar-refractivity contribution is -0.302. The number of carbonyl (C=O) groups excluding carboxylic acids is 2. The molecule has 66 heavy (non-hydrogen) atoms.